The number of benzene rings is 1. The summed E-state index contributed by atoms with van der Waals surface area (Å²) in [6, 6.07) is 6.22. The fraction of sp³-hybridized carbons (Fsp3) is 0.500. The molecule has 1 aromatic rings. The summed E-state index contributed by atoms with van der Waals surface area (Å²) in [5.74, 6) is 2.38. The molecule has 3 heteroatoms. The van der Waals surface area contributed by atoms with Crippen molar-refractivity contribution >= 4 is 15.9 Å². The summed E-state index contributed by atoms with van der Waals surface area (Å²) in [6.07, 6.45) is 5.66. The van der Waals surface area contributed by atoms with Gasteiger partial charge in [0.1, 0.15) is 0 Å². The lowest BCUT2D eigenvalue weighted by molar-refractivity contribution is 0.174. The summed E-state index contributed by atoms with van der Waals surface area (Å²) < 4.78 is 10.7. The summed E-state index contributed by atoms with van der Waals surface area (Å²) >= 11 is 3.52. The highest BCUT2D eigenvalue weighted by atomic mass is 79.9. The maximum atomic E-state index is 5.40. The van der Waals surface area contributed by atoms with Crippen molar-refractivity contribution in [1.82, 2.24) is 0 Å². The summed E-state index contributed by atoms with van der Waals surface area (Å²) in [7, 11) is 0. The Balaban J connectivity index is 1.93. The molecule has 0 unspecified atom stereocenters. The highest BCUT2D eigenvalue weighted by Crippen LogP contribution is 2.32. The van der Waals surface area contributed by atoms with Gasteiger partial charge in [-0.15, -0.1) is 0 Å². The molecule has 1 aliphatic heterocycles. The van der Waals surface area contributed by atoms with Crippen molar-refractivity contribution in [2.75, 3.05) is 12.1 Å². The molecule has 0 saturated carbocycles. The van der Waals surface area contributed by atoms with Crippen molar-refractivity contribution in [3.63, 3.8) is 0 Å². The molecule has 1 aromatic carbocycles. The lowest BCUT2D eigenvalue weighted by Crippen LogP contribution is -1.96. The normalized spacial score (nSPS) is 14.2. The van der Waals surface area contributed by atoms with E-state index in [-0.39, 0.29) is 0 Å². The monoisotopic (exact) mass is 324 g/mol. The maximum Gasteiger partial charge on any atom is 0.231 e. The summed E-state index contributed by atoms with van der Waals surface area (Å²) in [5.41, 5.74) is 2.85. The van der Waals surface area contributed by atoms with Gasteiger partial charge < -0.3 is 9.47 Å². The van der Waals surface area contributed by atoms with Gasteiger partial charge in [-0.1, -0.05) is 47.5 Å². The van der Waals surface area contributed by atoms with Gasteiger partial charge in [0.2, 0.25) is 6.79 Å². The van der Waals surface area contributed by atoms with Gasteiger partial charge in [0.25, 0.3) is 0 Å². The molecule has 2 nitrogen and oxygen atoms in total. The zero-order valence-corrected chi connectivity index (χ0v) is 13.2. The Bertz CT molecular complexity index is 452. The third kappa shape index (κ3) is 4.00. The van der Waals surface area contributed by atoms with Crippen LogP contribution in [0.1, 0.15) is 32.3 Å². The molecule has 0 aliphatic carbocycles. The number of aryl methyl sites for hydroxylation is 1. The molecular formula is C16H21BrO2. The molecule has 0 fully saturated rings. The van der Waals surface area contributed by atoms with Gasteiger partial charge >= 0.3 is 0 Å². The van der Waals surface area contributed by atoms with Crippen LogP contribution >= 0.6 is 15.9 Å². The van der Waals surface area contributed by atoms with E-state index < -0.39 is 0 Å². The second-order valence-corrected chi connectivity index (χ2v) is 5.89. The Hall–Kier alpha value is -0.960. The van der Waals surface area contributed by atoms with Crippen molar-refractivity contribution in [1.29, 1.82) is 0 Å². The first-order valence-electron chi connectivity index (χ1n) is 6.84. The number of hydrogen-bond donors (Lipinski definition) is 0. The van der Waals surface area contributed by atoms with Gasteiger partial charge in [-0.25, -0.2) is 0 Å². The van der Waals surface area contributed by atoms with Crippen LogP contribution in [0.4, 0.5) is 0 Å². The average Bonchev–Trinajstić information content (AvgIpc) is 2.85. The van der Waals surface area contributed by atoms with Crippen LogP contribution in [0.25, 0.3) is 0 Å². The predicted molar refractivity (Wildman–Crippen MR) is 82.2 cm³/mol. The smallest absolute Gasteiger partial charge is 0.231 e. The summed E-state index contributed by atoms with van der Waals surface area (Å²) in [5, 5.41) is 1.04. The number of allylic oxidation sites excluding steroid dienone is 2. The summed E-state index contributed by atoms with van der Waals surface area (Å²) in [6.45, 7) is 4.87. The van der Waals surface area contributed by atoms with Crippen LogP contribution in [0.2, 0.25) is 0 Å². The van der Waals surface area contributed by atoms with Crippen molar-refractivity contribution in [2.45, 2.75) is 33.1 Å². The van der Waals surface area contributed by atoms with Crippen LogP contribution in [0, 0.1) is 5.92 Å². The Kier molecular flexibility index (Phi) is 5.32. The second kappa shape index (κ2) is 6.99. The Morgan fingerprint density at radius 2 is 2.11 bits per heavy atom. The molecule has 19 heavy (non-hydrogen) atoms. The van der Waals surface area contributed by atoms with Crippen LogP contribution in [0.5, 0.6) is 11.5 Å². The van der Waals surface area contributed by atoms with Crippen LogP contribution in [-0.2, 0) is 6.42 Å². The van der Waals surface area contributed by atoms with Crippen LogP contribution in [-0.4, -0.2) is 12.1 Å². The second-order valence-electron chi connectivity index (χ2n) is 5.10. The van der Waals surface area contributed by atoms with E-state index in [1.807, 2.05) is 6.07 Å². The van der Waals surface area contributed by atoms with E-state index in [0.29, 0.717) is 12.7 Å². The number of ether oxygens (including phenoxy) is 2. The Morgan fingerprint density at radius 1 is 1.32 bits per heavy atom. The largest absolute Gasteiger partial charge is 0.454 e. The lowest BCUT2D eigenvalue weighted by atomic mass is 9.98. The molecule has 0 aromatic heterocycles. The van der Waals surface area contributed by atoms with E-state index in [2.05, 4.69) is 48.0 Å². The van der Waals surface area contributed by atoms with Crippen molar-refractivity contribution in [3.05, 3.63) is 35.4 Å². The zero-order valence-electron chi connectivity index (χ0n) is 11.6. The van der Waals surface area contributed by atoms with E-state index in [4.69, 9.17) is 9.47 Å². The van der Waals surface area contributed by atoms with Crippen molar-refractivity contribution in [3.8, 4) is 11.5 Å². The number of rotatable bonds is 6. The molecule has 0 amide bonds. The standard InChI is InChI=1S/C16H21BrO2/c1-12(2)14(8-9-17)5-3-4-13-6-7-15-16(10-13)19-11-18-15/h5-7,10,12H,3-4,8-9,11H2,1-2H3/b14-5-. The van der Waals surface area contributed by atoms with Crippen LogP contribution in [0.3, 0.4) is 0 Å². The first-order chi connectivity index (χ1) is 9.20. The highest BCUT2D eigenvalue weighted by Gasteiger charge is 2.12. The molecule has 0 radical (unpaired) electrons. The minimum Gasteiger partial charge on any atom is -0.454 e. The van der Waals surface area contributed by atoms with Gasteiger partial charge in [0.05, 0.1) is 0 Å². The SMILES string of the molecule is CC(C)/C(=C\CCc1ccc2c(c1)OCO2)CCBr. The highest BCUT2D eigenvalue weighted by molar-refractivity contribution is 9.09. The van der Waals surface area contributed by atoms with Gasteiger partial charge in [-0.05, 0) is 42.9 Å². The van der Waals surface area contributed by atoms with Crippen molar-refractivity contribution < 1.29 is 9.47 Å². The molecule has 0 bridgehead atoms. The van der Waals surface area contributed by atoms with Gasteiger partial charge in [0.15, 0.2) is 11.5 Å². The molecule has 0 N–H and O–H groups in total. The van der Waals surface area contributed by atoms with E-state index in [0.717, 1.165) is 36.1 Å². The molecular weight excluding hydrogens is 304 g/mol. The minimum atomic E-state index is 0.349. The predicted octanol–water partition coefficient (Wildman–Crippen LogP) is 4.72. The topological polar surface area (TPSA) is 18.5 Å². The average molecular weight is 325 g/mol. The van der Waals surface area contributed by atoms with Gasteiger partial charge in [-0.2, -0.15) is 0 Å². The van der Waals surface area contributed by atoms with E-state index >= 15 is 0 Å². The molecule has 0 atom stereocenters. The number of hydrogen-bond acceptors (Lipinski definition) is 2. The van der Waals surface area contributed by atoms with Gasteiger partial charge in [-0.3, -0.25) is 0 Å². The first kappa shape index (κ1) is 14.4. The van der Waals surface area contributed by atoms with Crippen LogP contribution < -0.4 is 9.47 Å². The third-order valence-corrected chi connectivity index (χ3v) is 3.80. The number of halogens is 1. The zero-order chi connectivity index (χ0) is 13.7. The molecule has 0 saturated heterocycles. The number of alkyl halides is 1. The van der Waals surface area contributed by atoms with E-state index in [9.17, 15) is 0 Å². The van der Waals surface area contributed by atoms with Crippen LogP contribution in [0.15, 0.2) is 29.8 Å². The quantitative estimate of drug-likeness (QED) is 0.557. The molecule has 1 heterocycles. The first-order valence-corrected chi connectivity index (χ1v) is 7.96. The Morgan fingerprint density at radius 3 is 2.84 bits per heavy atom. The van der Waals surface area contributed by atoms with E-state index in [1.54, 1.807) is 0 Å². The number of fused-ring (bicyclic) bond motifs is 1. The fourth-order valence-corrected chi connectivity index (χ4v) is 2.71. The molecule has 104 valence electrons. The maximum absolute atomic E-state index is 5.40. The van der Waals surface area contributed by atoms with Gasteiger partial charge in [0, 0.05) is 5.33 Å². The van der Waals surface area contributed by atoms with E-state index in [1.165, 1.54) is 11.1 Å². The molecule has 2 rings (SSSR count). The minimum absolute atomic E-state index is 0.349. The lowest BCUT2D eigenvalue weighted by Gasteiger charge is -2.10. The molecule has 0 spiro atoms. The Labute approximate surface area is 123 Å². The fourth-order valence-electron chi connectivity index (χ4n) is 2.26. The third-order valence-electron chi connectivity index (χ3n) is 3.40. The van der Waals surface area contributed by atoms with Crippen molar-refractivity contribution in [2.24, 2.45) is 5.92 Å². The molecule has 1 aliphatic rings. The summed E-state index contributed by atoms with van der Waals surface area (Å²) in [4.78, 5) is 0.